The van der Waals surface area contributed by atoms with Gasteiger partial charge in [-0.2, -0.15) is 0 Å². The highest BCUT2D eigenvalue weighted by Crippen LogP contribution is 2.58. The van der Waals surface area contributed by atoms with Gasteiger partial charge in [0.2, 0.25) is 0 Å². The fourth-order valence-corrected chi connectivity index (χ4v) is 7.47. The molecule has 6 atom stereocenters. The minimum atomic E-state index is -0.635. The Hall–Kier alpha value is -1.43. The Bertz CT molecular complexity index is 885. The molecule has 36 heavy (non-hydrogen) atoms. The number of fused-ring (bicyclic) bond motifs is 1. The molecule has 0 amide bonds. The molecule has 0 aromatic heterocycles. The standard InChI is InChI=1S/C31H48O5/c1-29(2,33)19-7-9-21(24-16-17-25-26(32)10-8-20-31(24,25)5)13-18-27-30(3,4)36-28(35-27)22-11-14-23(34-6)15-12-22/h11-12,14-15,21,24-25,27-28,33H,7-10,13,16-20H2,1-6H3/t21-,24+,25?,27+,28?,31+/m0/s1. The van der Waals surface area contributed by atoms with Crippen LogP contribution in [0.4, 0.5) is 0 Å². The normalized spacial score (nSPS) is 32.9. The van der Waals surface area contributed by atoms with Gasteiger partial charge in [0.1, 0.15) is 11.5 Å². The fourth-order valence-electron chi connectivity index (χ4n) is 7.47. The van der Waals surface area contributed by atoms with E-state index in [9.17, 15) is 9.90 Å². The second kappa shape index (κ2) is 10.7. The molecule has 1 aromatic rings. The van der Waals surface area contributed by atoms with Crippen molar-refractivity contribution in [2.75, 3.05) is 7.11 Å². The monoisotopic (exact) mass is 500 g/mol. The van der Waals surface area contributed by atoms with Crippen molar-refractivity contribution in [2.45, 2.75) is 122 Å². The van der Waals surface area contributed by atoms with Crippen LogP contribution in [0.5, 0.6) is 5.75 Å². The first kappa shape index (κ1) is 27.6. The molecule has 5 nitrogen and oxygen atoms in total. The predicted octanol–water partition coefficient (Wildman–Crippen LogP) is 7.01. The molecule has 3 fully saturated rings. The molecule has 4 rings (SSSR count). The minimum Gasteiger partial charge on any atom is -0.497 e. The first-order valence-electron chi connectivity index (χ1n) is 14.2. The number of hydrogen-bond donors (Lipinski definition) is 1. The predicted molar refractivity (Wildman–Crippen MR) is 142 cm³/mol. The summed E-state index contributed by atoms with van der Waals surface area (Å²) in [6.07, 6.45) is 9.76. The van der Waals surface area contributed by atoms with E-state index in [1.807, 2.05) is 38.1 Å². The lowest BCUT2D eigenvalue weighted by Gasteiger charge is -2.43. The largest absolute Gasteiger partial charge is 0.497 e. The SMILES string of the molecule is COc1ccc(C2O[C@H](CC[C@H](CCCC(C)(C)O)[C@H]3CCC4C(=O)CCC[C@@]43C)C(C)(C)O2)cc1. The van der Waals surface area contributed by atoms with E-state index in [0.29, 0.717) is 17.6 Å². The summed E-state index contributed by atoms with van der Waals surface area (Å²) in [4.78, 5) is 12.8. The maximum atomic E-state index is 12.8. The highest BCUT2D eigenvalue weighted by molar-refractivity contribution is 5.83. The highest BCUT2D eigenvalue weighted by Gasteiger charge is 2.53. The Labute approximate surface area is 218 Å². The van der Waals surface area contributed by atoms with Gasteiger partial charge in [0, 0.05) is 17.9 Å². The summed E-state index contributed by atoms with van der Waals surface area (Å²) < 4.78 is 18.2. The van der Waals surface area contributed by atoms with E-state index in [2.05, 4.69) is 20.8 Å². The summed E-state index contributed by atoms with van der Waals surface area (Å²) in [7, 11) is 1.67. The first-order valence-corrected chi connectivity index (χ1v) is 14.2. The Balaban J connectivity index is 1.45. The number of rotatable bonds is 10. The third kappa shape index (κ3) is 6.00. The Morgan fingerprint density at radius 2 is 1.86 bits per heavy atom. The van der Waals surface area contributed by atoms with Crippen LogP contribution in [-0.2, 0) is 14.3 Å². The van der Waals surface area contributed by atoms with Crippen molar-refractivity contribution in [1.82, 2.24) is 0 Å². The Kier molecular flexibility index (Phi) is 8.24. The van der Waals surface area contributed by atoms with Gasteiger partial charge >= 0.3 is 0 Å². The second-order valence-electron chi connectivity index (χ2n) is 13.1. The maximum absolute atomic E-state index is 12.8. The molecule has 3 aliphatic rings. The number of ketones is 1. The van der Waals surface area contributed by atoms with Gasteiger partial charge in [-0.25, -0.2) is 0 Å². The van der Waals surface area contributed by atoms with Crippen molar-refractivity contribution in [3.63, 3.8) is 0 Å². The van der Waals surface area contributed by atoms with Gasteiger partial charge in [0.25, 0.3) is 0 Å². The minimum absolute atomic E-state index is 0.0133. The van der Waals surface area contributed by atoms with Crippen molar-refractivity contribution in [2.24, 2.45) is 23.2 Å². The smallest absolute Gasteiger partial charge is 0.185 e. The van der Waals surface area contributed by atoms with Crippen molar-refractivity contribution in [1.29, 1.82) is 0 Å². The summed E-state index contributed by atoms with van der Waals surface area (Å²) >= 11 is 0. The van der Waals surface area contributed by atoms with E-state index in [4.69, 9.17) is 14.2 Å². The van der Waals surface area contributed by atoms with E-state index in [0.717, 1.165) is 69.1 Å². The van der Waals surface area contributed by atoms with Crippen LogP contribution >= 0.6 is 0 Å². The third-order valence-corrected chi connectivity index (χ3v) is 9.53. The fraction of sp³-hybridized carbons (Fsp3) is 0.774. The number of methoxy groups -OCH3 is 1. The topological polar surface area (TPSA) is 65.0 Å². The zero-order chi connectivity index (χ0) is 26.1. The molecule has 2 saturated carbocycles. The van der Waals surface area contributed by atoms with Gasteiger partial charge in [0.05, 0.1) is 24.4 Å². The molecule has 0 spiro atoms. The lowest BCUT2D eigenvalue weighted by molar-refractivity contribution is -0.130. The number of benzene rings is 1. The lowest BCUT2D eigenvalue weighted by atomic mass is 9.61. The van der Waals surface area contributed by atoms with E-state index >= 15 is 0 Å². The lowest BCUT2D eigenvalue weighted by Crippen LogP contribution is -2.40. The Morgan fingerprint density at radius 3 is 2.53 bits per heavy atom. The second-order valence-corrected chi connectivity index (χ2v) is 13.1. The van der Waals surface area contributed by atoms with Crippen LogP contribution < -0.4 is 4.74 Å². The molecular formula is C31H48O5. The average molecular weight is 501 g/mol. The summed E-state index contributed by atoms with van der Waals surface area (Å²) in [6.45, 7) is 10.5. The van der Waals surface area contributed by atoms with E-state index in [-0.39, 0.29) is 29.3 Å². The van der Waals surface area contributed by atoms with Gasteiger partial charge in [-0.05, 0) is 102 Å². The molecule has 2 aliphatic carbocycles. The quantitative estimate of drug-likeness (QED) is 0.374. The molecule has 2 unspecified atom stereocenters. The summed E-state index contributed by atoms with van der Waals surface area (Å²) in [5, 5.41) is 10.3. The number of hydrogen-bond acceptors (Lipinski definition) is 5. The number of aliphatic hydroxyl groups is 1. The first-order chi connectivity index (χ1) is 16.9. The van der Waals surface area contributed by atoms with Gasteiger partial charge in [0.15, 0.2) is 6.29 Å². The molecule has 0 radical (unpaired) electrons. The zero-order valence-corrected chi connectivity index (χ0v) is 23.3. The number of Topliss-reactive ketones (excluding diaryl/α,β-unsaturated/α-hetero) is 1. The van der Waals surface area contributed by atoms with Crippen molar-refractivity contribution >= 4 is 5.78 Å². The van der Waals surface area contributed by atoms with Gasteiger partial charge < -0.3 is 19.3 Å². The number of ether oxygens (including phenoxy) is 3. The van der Waals surface area contributed by atoms with Crippen LogP contribution in [0.2, 0.25) is 0 Å². The van der Waals surface area contributed by atoms with Crippen molar-refractivity contribution < 1.29 is 24.1 Å². The molecule has 1 aromatic carbocycles. The van der Waals surface area contributed by atoms with Crippen LogP contribution in [0.15, 0.2) is 24.3 Å². The summed E-state index contributed by atoms with van der Waals surface area (Å²) in [6, 6.07) is 7.93. The van der Waals surface area contributed by atoms with Crippen LogP contribution in [0, 0.1) is 23.2 Å². The average Bonchev–Trinajstić information content (AvgIpc) is 3.32. The van der Waals surface area contributed by atoms with Crippen LogP contribution in [-0.4, -0.2) is 35.3 Å². The summed E-state index contributed by atoms with van der Waals surface area (Å²) in [5.74, 6) is 2.67. The van der Waals surface area contributed by atoms with Gasteiger partial charge in [-0.3, -0.25) is 4.79 Å². The van der Waals surface area contributed by atoms with Crippen LogP contribution in [0.1, 0.15) is 111 Å². The van der Waals surface area contributed by atoms with Crippen molar-refractivity contribution in [3.8, 4) is 5.75 Å². The van der Waals surface area contributed by atoms with Crippen LogP contribution in [0.25, 0.3) is 0 Å². The molecule has 1 saturated heterocycles. The molecule has 5 heteroatoms. The highest BCUT2D eigenvalue weighted by atomic mass is 16.7. The number of carbonyl (C=O) groups is 1. The van der Waals surface area contributed by atoms with Crippen LogP contribution in [0.3, 0.4) is 0 Å². The summed E-state index contributed by atoms with van der Waals surface area (Å²) in [5.41, 5.74) is 0.136. The zero-order valence-electron chi connectivity index (χ0n) is 23.3. The van der Waals surface area contributed by atoms with E-state index in [1.165, 1.54) is 6.42 Å². The maximum Gasteiger partial charge on any atom is 0.185 e. The molecule has 1 heterocycles. The molecule has 1 N–H and O–H groups in total. The molecule has 0 bridgehead atoms. The Morgan fingerprint density at radius 1 is 1.14 bits per heavy atom. The van der Waals surface area contributed by atoms with Gasteiger partial charge in [-0.1, -0.05) is 31.9 Å². The molecular weight excluding hydrogens is 452 g/mol. The number of carbonyl (C=O) groups excluding carboxylic acids is 1. The third-order valence-electron chi connectivity index (χ3n) is 9.53. The van der Waals surface area contributed by atoms with Crippen molar-refractivity contribution in [3.05, 3.63) is 29.8 Å². The van der Waals surface area contributed by atoms with E-state index < -0.39 is 5.60 Å². The molecule has 202 valence electrons. The molecule has 1 aliphatic heterocycles. The van der Waals surface area contributed by atoms with E-state index in [1.54, 1.807) is 7.11 Å². The van der Waals surface area contributed by atoms with Gasteiger partial charge in [-0.15, -0.1) is 0 Å².